The summed E-state index contributed by atoms with van der Waals surface area (Å²) in [5.41, 5.74) is -1.23. The quantitative estimate of drug-likeness (QED) is 0.452. The Morgan fingerprint density at radius 2 is 2.05 bits per heavy atom. The van der Waals surface area contributed by atoms with Crippen LogP contribution in [0.4, 0.5) is 4.79 Å². The Bertz CT molecular complexity index is 382. The first-order valence-corrected chi connectivity index (χ1v) is 6.94. The molecule has 1 rings (SSSR count). The number of hydrogen-bond acceptors (Lipinski definition) is 4. The van der Waals surface area contributed by atoms with Gasteiger partial charge in [-0.25, -0.2) is 4.79 Å². The molecule has 1 amide bonds. The van der Waals surface area contributed by atoms with E-state index in [1.165, 1.54) is 0 Å². The van der Waals surface area contributed by atoms with E-state index in [0.717, 1.165) is 6.29 Å². The van der Waals surface area contributed by atoms with Gasteiger partial charge in [0.15, 0.2) is 0 Å². The van der Waals surface area contributed by atoms with Crippen LogP contribution in [-0.2, 0) is 14.3 Å². The predicted octanol–water partition coefficient (Wildman–Crippen LogP) is 2.89. The molecule has 0 unspecified atom stereocenters. The van der Waals surface area contributed by atoms with E-state index in [1.54, 1.807) is 4.90 Å². The Hall–Kier alpha value is -1.36. The highest BCUT2D eigenvalue weighted by atomic mass is 16.6. The van der Waals surface area contributed by atoms with E-state index >= 15 is 0 Å². The van der Waals surface area contributed by atoms with Crippen LogP contribution in [0.15, 0.2) is 12.2 Å². The maximum atomic E-state index is 12.3. The molecule has 0 N–H and O–H groups in total. The summed E-state index contributed by atoms with van der Waals surface area (Å²) in [6.45, 7) is 9.63. The van der Waals surface area contributed by atoms with Gasteiger partial charge in [-0.15, -0.1) is 0 Å². The molecule has 0 aromatic heterocycles. The van der Waals surface area contributed by atoms with E-state index in [4.69, 9.17) is 9.47 Å². The number of carbonyl (C=O) groups excluding carboxylic acids is 2. The minimum absolute atomic E-state index is 0.161. The molecule has 5 heteroatoms. The Morgan fingerprint density at radius 3 is 2.60 bits per heavy atom. The number of nitrogens with zero attached hydrogens (tertiary/aromatic N) is 1. The lowest BCUT2D eigenvalue weighted by Gasteiger charge is -2.34. The van der Waals surface area contributed by atoms with Crippen molar-refractivity contribution in [2.24, 2.45) is 0 Å². The van der Waals surface area contributed by atoms with Gasteiger partial charge in [-0.2, -0.15) is 0 Å². The van der Waals surface area contributed by atoms with Crippen LogP contribution in [0.25, 0.3) is 0 Å². The van der Waals surface area contributed by atoms with E-state index in [0.29, 0.717) is 19.4 Å². The molecule has 0 radical (unpaired) electrons. The van der Waals surface area contributed by atoms with Crippen molar-refractivity contribution >= 4 is 12.4 Å². The van der Waals surface area contributed by atoms with Gasteiger partial charge in [0.05, 0.1) is 12.6 Å². The van der Waals surface area contributed by atoms with Crippen LogP contribution in [0.1, 0.15) is 47.5 Å². The van der Waals surface area contributed by atoms with Gasteiger partial charge >= 0.3 is 6.09 Å². The lowest BCUT2D eigenvalue weighted by molar-refractivity contribution is -0.107. The molecule has 1 aliphatic heterocycles. The molecule has 0 bridgehead atoms. The summed E-state index contributed by atoms with van der Waals surface area (Å²) in [6, 6.07) is -0.161. The van der Waals surface area contributed by atoms with Gasteiger partial charge in [-0.3, -0.25) is 4.90 Å². The van der Waals surface area contributed by atoms with Crippen molar-refractivity contribution < 1.29 is 19.1 Å². The van der Waals surface area contributed by atoms with Crippen LogP contribution < -0.4 is 0 Å². The average Bonchev–Trinajstić information content (AvgIpc) is 2.58. The largest absolute Gasteiger partial charge is 0.444 e. The van der Waals surface area contributed by atoms with Crippen LogP contribution in [0, 0.1) is 0 Å². The van der Waals surface area contributed by atoms with Gasteiger partial charge in [0.25, 0.3) is 0 Å². The van der Waals surface area contributed by atoms with E-state index < -0.39 is 11.3 Å². The molecular weight excluding hydrogens is 258 g/mol. The lowest BCUT2D eigenvalue weighted by atomic mass is 10.2. The SMILES string of the molecule is CC(C)(C)OC(=O)N1[C@H](/C=C\CCC=O)COC1(C)C. The summed E-state index contributed by atoms with van der Waals surface area (Å²) in [5.74, 6) is 0. The third kappa shape index (κ3) is 4.63. The number of carbonyl (C=O) groups is 2. The van der Waals surface area contributed by atoms with Crippen LogP contribution in [0.2, 0.25) is 0 Å². The summed E-state index contributed by atoms with van der Waals surface area (Å²) < 4.78 is 11.1. The first-order chi connectivity index (χ1) is 9.17. The Balaban J connectivity index is 2.77. The third-order valence-electron chi connectivity index (χ3n) is 2.92. The van der Waals surface area contributed by atoms with Gasteiger partial charge in [0.2, 0.25) is 0 Å². The van der Waals surface area contributed by atoms with E-state index in [9.17, 15) is 9.59 Å². The number of rotatable bonds is 4. The number of allylic oxidation sites excluding steroid dienone is 1. The molecule has 0 aromatic rings. The number of hydrogen-bond donors (Lipinski definition) is 0. The Kier molecular flexibility index (Phi) is 5.34. The normalized spacial score (nSPS) is 22.2. The highest BCUT2D eigenvalue weighted by molar-refractivity contribution is 5.70. The summed E-state index contributed by atoms with van der Waals surface area (Å²) in [5, 5.41) is 0. The molecule has 1 fully saturated rings. The summed E-state index contributed by atoms with van der Waals surface area (Å²) >= 11 is 0. The van der Waals surface area contributed by atoms with Gasteiger partial charge < -0.3 is 14.3 Å². The van der Waals surface area contributed by atoms with Crippen molar-refractivity contribution in [3.8, 4) is 0 Å². The maximum Gasteiger partial charge on any atom is 0.413 e. The monoisotopic (exact) mass is 283 g/mol. The van der Waals surface area contributed by atoms with Gasteiger partial charge in [0.1, 0.15) is 17.6 Å². The van der Waals surface area contributed by atoms with E-state index in [1.807, 2.05) is 46.8 Å². The highest BCUT2D eigenvalue weighted by Gasteiger charge is 2.44. The maximum absolute atomic E-state index is 12.3. The topological polar surface area (TPSA) is 55.8 Å². The summed E-state index contributed by atoms with van der Waals surface area (Å²) in [6.07, 6.45) is 5.46. The van der Waals surface area contributed by atoms with Crippen molar-refractivity contribution in [3.63, 3.8) is 0 Å². The molecule has 1 heterocycles. The van der Waals surface area contributed by atoms with Crippen molar-refractivity contribution in [2.75, 3.05) is 6.61 Å². The number of aldehydes is 1. The average molecular weight is 283 g/mol. The fraction of sp³-hybridized carbons (Fsp3) is 0.733. The molecule has 20 heavy (non-hydrogen) atoms. The first-order valence-electron chi connectivity index (χ1n) is 6.94. The molecule has 5 nitrogen and oxygen atoms in total. The van der Waals surface area contributed by atoms with Gasteiger partial charge in [-0.05, 0) is 41.0 Å². The molecular formula is C15H25NO4. The summed E-state index contributed by atoms with van der Waals surface area (Å²) in [4.78, 5) is 24.2. The zero-order chi connectivity index (χ0) is 15.4. The zero-order valence-electron chi connectivity index (χ0n) is 13.0. The second-order valence-electron chi connectivity index (χ2n) is 6.35. The molecule has 1 aliphatic rings. The third-order valence-corrected chi connectivity index (χ3v) is 2.92. The lowest BCUT2D eigenvalue weighted by Crippen LogP contribution is -2.49. The molecule has 0 saturated carbocycles. The smallest absolute Gasteiger partial charge is 0.413 e. The minimum atomic E-state index is -0.692. The van der Waals surface area contributed by atoms with E-state index in [2.05, 4.69) is 0 Å². The van der Waals surface area contributed by atoms with Crippen molar-refractivity contribution in [3.05, 3.63) is 12.2 Å². The molecule has 1 atom stereocenters. The molecule has 114 valence electrons. The minimum Gasteiger partial charge on any atom is -0.444 e. The Labute approximate surface area is 120 Å². The van der Waals surface area contributed by atoms with Crippen LogP contribution in [0.3, 0.4) is 0 Å². The molecule has 1 saturated heterocycles. The fourth-order valence-electron chi connectivity index (χ4n) is 2.06. The van der Waals surface area contributed by atoms with Crippen LogP contribution in [-0.4, -0.2) is 41.3 Å². The van der Waals surface area contributed by atoms with Crippen molar-refractivity contribution in [2.45, 2.75) is 64.8 Å². The van der Waals surface area contributed by atoms with Gasteiger partial charge in [0, 0.05) is 6.42 Å². The number of ether oxygens (including phenoxy) is 2. The first kappa shape index (κ1) is 16.7. The molecule has 0 aliphatic carbocycles. The molecule has 0 aromatic carbocycles. The van der Waals surface area contributed by atoms with Crippen LogP contribution >= 0.6 is 0 Å². The second kappa shape index (κ2) is 6.39. The van der Waals surface area contributed by atoms with E-state index in [-0.39, 0.29) is 12.1 Å². The zero-order valence-corrected chi connectivity index (χ0v) is 13.0. The van der Waals surface area contributed by atoms with Gasteiger partial charge in [-0.1, -0.05) is 12.2 Å². The highest BCUT2D eigenvalue weighted by Crippen LogP contribution is 2.30. The fourth-order valence-corrected chi connectivity index (χ4v) is 2.06. The molecule has 0 spiro atoms. The Morgan fingerprint density at radius 1 is 1.40 bits per heavy atom. The van der Waals surface area contributed by atoms with Crippen molar-refractivity contribution in [1.82, 2.24) is 4.90 Å². The van der Waals surface area contributed by atoms with Crippen molar-refractivity contribution in [1.29, 1.82) is 0 Å². The summed E-state index contributed by atoms with van der Waals surface area (Å²) in [7, 11) is 0. The second-order valence-corrected chi connectivity index (χ2v) is 6.35. The number of amides is 1. The number of unbranched alkanes of at least 4 members (excludes halogenated alkanes) is 1. The standard InChI is InChI=1S/C15H25NO4/c1-14(2,3)20-13(18)16-12(9-7-6-8-10-17)11-19-15(16,4)5/h7,9-10,12H,6,8,11H2,1-5H3/b9-7-/t12-/m1/s1. The van der Waals surface area contributed by atoms with Crippen LogP contribution in [0.5, 0.6) is 0 Å². The predicted molar refractivity (Wildman–Crippen MR) is 76.3 cm³/mol.